The molecule has 0 aromatic heterocycles. The van der Waals surface area contributed by atoms with E-state index >= 15 is 0 Å². The number of anilines is 1. The van der Waals surface area contributed by atoms with Crippen molar-refractivity contribution in [2.45, 2.75) is 33.7 Å². The van der Waals surface area contributed by atoms with Crippen molar-refractivity contribution >= 4 is 11.6 Å². The summed E-state index contributed by atoms with van der Waals surface area (Å²) in [5.74, 6) is 0.00793. The van der Waals surface area contributed by atoms with Crippen LogP contribution in [0.1, 0.15) is 29.2 Å². The first-order valence-electron chi connectivity index (χ1n) is 7.75. The van der Waals surface area contributed by atoms with Crippen molar-refractivity contribution in [1.82, 2.24) is 5.32 Å². The van der Waals surface area contributed by atoms with E-state index in [9.17, 15) is 4.79 Å². The minimum absolute atomic E-state index is 0.00793. The molecule has 22 heavy (non-hydrogen) atoms. The molecule has 0 saturated heterocycles. The van der Waals surface area contributed by atoms with E-state index in [1.54, 1.807) is 0 Å². The molecule has 0 radical (unpaired) electrons. The second-order valence-electron chi connectivity index (χ2n) is 5.52. The minimum Gasteiger partial charge on any atom is -0.376 e. The number of nitrogens with one attached hydrogen (secondary N) is 2. The van der Waals surface area contributed by atoms with Crippen LogP contribution in [0.3, 0.4) is 0 Å². The summed E-state index contributed by atoms with van der Waals surface area (Å²) >= 11 is 0. The lowest BCUT2D eigenvalue weighted by molar-refractivity contribution is -0.119. The molecule has 0 heterocycles. The van der Waals surface area contributed by atoms with E-state index in [1.165, 1.54) is 16.7 Å². The van der Waals surface area contributed by atoms with Gasteiger partial charge >= 0.3 is 0 Å². The number of amides is 1. The van der Waals surface area contributed by atoms with E-state index < -0.39 is 0 Å². The van der Waals surface area contributed by atoms with Crippen LogP contribution in [0.5, 0.6) is 0 Å². The number of hydrogen-bond acceptors (Lipinski definition) is 2. The summed E-state index contributed by atoms with van der Waals surface area (Å²) in [5, 5.41) is 6.24. The van der Waals surface area contributed by atoms with Crippen molar-refractivity contribution in [3.05, 3.63) is 64.7 Å². The van der Waals surface area contributed by atoms with Gasteiger partial charge in [-0.25, -0.2) is 0 Å². The summed E-state index contributed by atoms with van der Waals surface area (Å²) in [6.07, 6.45) is 0.953. The molecule has 0 spiro atoms. The van der Waals surface area contributed by atoms with Crippen LogP contribution >= 0.6 is 0 Å². The first kappa shape index (κ1) is 16.1. The van der Waals surface area contributed by atoms with Crippen molar-refractivity contribution in [3.63, 3.8) is 0 Å². The average Bonchev–Trinajstić information content (AvgIpc) is 2.52. The lowest BCUT2D eigenvalue weighted by Gasteiger charge is -2.14. The fourth-order valence-electron chi connectivity index (χ4n) is 2.51. The second-order valence-corrected chi connectivity index (χ2v) is 5.52. The Balaban J connectivity index is 1.90. The molecule has 2 aromatic carbocycles. The lowest BCUT2D eigenvalue weighted by atomic mass is 10.1. The number of para-hydroxylation sites is 1. The van der Waals surface area contributed by atoms with Gasteiger partial charge in [-0.3, -0.25) is 4.79 Å². The average molecular weight is 296 g/mol. The molecule has 2 N–H and O–H groups in total. The molecular formula is C19H24N2O. The maximum Gasteiger partial charge on any atom is 0.239 e. The van der Waals surface area contributed by atoms with Crippen LogP contribution in [0.25, 0.3) is 0 Å². The van der Waals surface area contributed by atoms with E-state index in [2.05, 4.69) is 55.7 Å². The van der Waals surface area contributed by atoms with Gasteiger partial charge in [0.05, 0.1) is 6.54 Å². The van der Waals surface area contributed by atoms with Gasteiger partial charge in [0, 0.05) is 12.2 Å². The number of carbonyl (C=O) groups is 1. The van der Waals surface area contributed by atoms with Crippen molar-refractivity contribution in [2.24, 2.45) is 0 Å². The summed E-state index contributed by atoms with van der Waals surface area (Å²) in [6.45, 7) is 7.11. The molecule has 2 rings (SSSR count). The van der Waals surface area contributed by atoms with Gasteiger partial charge in [-0.1, -0.05) is 49.4 Å². The van der Waals surface area contributed by atoms with Crippen molar-refractivity contribution in [1.29, 1.82) is 0 Å². The third-order valence-electron chi connectivity index (χ3n) is 3.90. The van der Waals surface area contributed by atoms with E-state index in [1.807, 2.05) is 18.2 Å². The van der Waals surface area contributed by atoms with Crippen LogP contribution in [0, 0.1) is 13.8 Å². The van der Waals surface area contributed by atoms with Crippen LogP contribution in [0.4, 0.5) is 5.69 Å². The summed E-state index contributed by atoms with van der Waals surface area (Å²) < 4.78 is 0. The molecule has 0 atom stereocenters. The topological polar surface area (TPSA) is 41.1 Å². The lowest BCUT2D eigenvalue weighted by Crippen LogP contribution is -2.30. The molecule has 3 heteroatoms. The Hall–Kier alpha value is -2.29. The van der Waals surface area contributed by atoms with E-state index in [0.717, 1.165) is 17.7 Å². The van der Waals surface area contributed by atoms with Crippen LogP contribution in [0.15, 0.2) is 42.5 Å². The highest BCUT2D eigenvalue weighted by molar-refractivity contribution is 5.81. The zero-order valence-electron chi connectivity index (χ0n) is 13.6. The van der Waals surface area contributed by atoms with Gasteiger partial charge in [0.15, 0.2) is 0 Å². The molecule has 116 valence electrons. The number of aryl methyl sites for hydroxylation is 3. The Morgan fingerprint density at radius 1 is 0.955 bits per heavy atom. The van der Waals surface area contributed by atoms with E-state index in [-0.39, 0.29) is 5.91 Å². The molecule has 0 unspecified atom stereocenters. The zero-order chi connectivity index (χ0) is 15.9. The largest absolute Gasteiger partial charge is 0.376 e. The van der Waals surface area contributed by atoms with Crippen molar-refractivity contribution in [2.75, 3.05) is 11.9 Å². The standard InChI is InChI=1S/C19H24N2O/c1-4-16-11-7-9-15(3)19(16)21-13-18(22)20-12-17-10-6-5-8-14(17)2/h5-11,21H,4,12-13H2,1-3H3,(H,20,22). The fraction of sp³-hybridized carbons (Fsp3) is 0.316. The number of benzene rings is 2. The quantitative estimate of drug-likeness (QED) is 0.855. The van der Waals surface area contributed by atoms with Gasteiger partial charge < -0.3 is 10.6 Å². The van der Waals surface area contributed by atoms with Gasteiger partial charge in [-0.15, -0.1) is 0 Å². The molecule has 0 aliphatic carbocycles. The molecule has 0 saturated carbocycles. The maximum atomic E-state index is 12.0. The van der Waals surface area contributed by atoms with Gasteiger partial charge in [0.2, 0.25) is 5.91 Å². The summed E-state index contributed by atoms with van der Waals surface area (Å²) in [6, 6.07) is 14.3. The molecule has 0 aliphatic heterocycles. The van der Waals surface area contributed by atoms with Gasteiger partial charge in [0.1, 0.15) is 0 Å². The van der Waals surface area contributed by atoms with Crippen LogP contribution < -0.4 is 10.6 Å². The van der Waals surface area contributed by atoms with Gasteiger partial charge in [-0.05, 0) is 42.5 Å². The Morgan fingerprint density at radius 2 is 1.64 bits per heavy atom. The predicted octanol–water partition coefficient (Wildman–Crippen LogP) is 3.59. The smallest absolute Gasteiger partial charge is 0.239 e. The Labute approximate surface area is 132 Å². The van der Waals surface area contributed by atoms with Gasteiger partial charge in [-0.2, -0.15) is 0 Å². The van der Waals surface area contributed by atoms with Crippen molar-refractivity contribution in [3.8, 4) is 0 Å². The number of rotatable bonds is 6. The SMILES string of the molecule is CCc1cccc(C)c1NCC(=O)NCc1ccccc1C. The Morgan fingerprint density at radius 3 is 2.36 bits per heavy atom. The predicted molar refractivity (Wildman–Crippen MR) is 92.1 cm³/mol. The van der Waals surface area contributed by atoms with E-state index in [4.69, 9.17) is 0 Å². The summed E-state index contributed by atoms with van der Waals surface area (Å²) in [4.78, 5) is 12.0. The maximum absolute atomic E-state index is 12.0. The third-order valence-corrected chi connectivity index (χ3v) is 3.90. The summed E-state index contributed by atoms with van der Waals surface area (Å²) in [7, 11) is 0. The molecule has 2 aromatic rings. The highest BCUT2D eigenvalue weighted by atomic mass is 16.1. The monoisotopic (exact) mass is 296 g/mol. The summed E-state index contributed by atoms with van der Waals surface area (Å²) in [5.41, 5.74) is 5.85. The molecule has 3 nitrogen and oxygen atoms in total. The normalized spacial score (nSPS) is 10.3. The van der Waals surface area contributed by atoms with E-state index in [0.29, 0.717) is 13.1 Å². The van der Waals surface area contributed by atoms with Crippen LogP contribution in [0.2, 0.25) is 0 Å². The highest BCUT2D eigenvalue weighted by Crippen LogP contribution is 2.20. The molecule has 0 bridgehead atoms. The molecule has 1 amide bonds. The molecule has 0 aliphatic rings. The fourth-order valence-corrected chi connectivity index (χ4v) is 2.51. The number of carbonyl (C=O) groups excluding carboxylic acids is 1. The second kappa shape index (κ2) is 7.64. The Kier molecular flexibility index (Phi) is 5.59. The number of hydrogen-bond donors (Lipinski definition) is 2. The Bertz CT molecular complexity index is 650. The highest BCUT2D eigenvalue weighted by Gasteiger charge is 2.07. The molecular weight excluding hydrogens is 272 g/mol. The van der Waals surface area contributed by atoms with Gasteiger partial charge in [0.25, 0.3) is 0 Å². The zero-order valence-corrected chi connectivity index (χ0v) is 13.6. The third kappa shape index (κ3) is 4.10. The molecule has 0 fully saturated rings. The van der Waals surface area contributed by atoms with Crippen LogP contribution in [-0.4, -0.2) is 12.5 Å². The van der Waals surface area contributed by atoms with Crippen LogP contribution in [-0.2, 0) is 17.8 Å². The minimum atomic E-state index is 0.00793. The van der Waals surface area contributed by atoms with Crippen molar-refractivity contribution < 1.29 is 4.79 Å². The first-order chi connectivity index (χ1) is 10.6. The first-order valence-corrected chi connectivity index (χ1v) is 7.75.